The van der Waals surface area contributed by atoms with Gasteiger partial charge in [-0.3, -0.25) is 4.57 Å². The minimum Gasteiger partial charge on any atom is -0.293 e. The molecule has 0 N–H and O–H groups in total. The summed E-state index contributed by atoms with van der Waals surface area (Å²) in [6, 6.07) is 63.3. The molecule has 5 nitrogen and oxygen atoms in total. The van der Waals surface area contributed by atoms with Gasteiger partial charge in [-0.15, -0.1) is 11.3 Å². The number of aromatic nitrogens is 5. The van der Waals surface area contributed by atoms with Crippen LogP contribution >= 0.6 is 11.3 Å². The molecule has 0 fully saturated rings. The van der Waals surface area contributed by atoms with Gasteiger partial charge in [-0.2, -0.15) is 0 Å². The van der Waals surface area contributed by atoms with Gasteiger partial charge in [-0.25, -0.2) is 19.9 Å². The third kappa shape index (κ3) is 5.30. The van der Waals surface area contributed by atoms with Crippen LogP contribution in [0.15, 0.2) is 188 Å². The van der Waals surface area contributed by atoms with Crippen LogP contribution in [-0.2, 0) is 0 Å². The first kappa shape index (κ1) is 32.2. The van der Waals surface area contributed by atoms with Crippen LogP contribution < -0.4 is 0 Å². The normalized spacial score (nSPS) is 11.6. The van der Waals surface area contributed by atoms with Crippen LogP contribution in [0.4, 0.5) is 0 Å². The Morgan fingerprint density at radius 1 is 0.393 bits per heavy atom. The molecule has 0 aliphatic carbocycles. The minimum absolute atomic E-state index is 0.549. The summed E-state index contributed by atoms with van der Waals surface area (Å²) in [5, 5.41) is 4.94. The van der Waals surface area contributed by atoms with Crippen LogP contribution in [0.1, 0.15) is 0 Å². The van der Waals surface area contributed by atoms with E-state index in [1.54, 1.807) is 0 Å². The first-order valence-corrected chi connectivity index (χ1v) is 19.5. The van der Waals surface area contributed by atoms with Gasteiger partial charge in [-0.05, 0) is 41.0 Å². The van der Waals surface area contributed by atoms with E-state index in [1.165, 1.54) is 30.9 Å². The average molecular weight is 734 g/mol. The first-order valence-electron chi connectivity index (χ1n) is 18.6. The number of nitrogens with zero attached hydrogens (tertiary/aromatic N) is 5. The maximum absolute atomic E-state index is 5.40. The van der Waals surface area contributed by atoms with Crippen molar-refractivity contribution in [3.8, 4) is 62.2 Å². The van der Waals surface area contributed by atoms with Crippen molar-refractivity contribution in [2.45, 2.75) is 0 Å². The predicted molar refractivity (Wildman–Crippen MR) is 232 cm³/mol. The number of para-hydroxylation sites is 1. The predicted octanol–water partition coefficient (Wildman–Crippen LogP) is 13.1. The molecule has 0 bridgehead atoms. The molecule has 4 aromatic heterocycles. The zero-order valence-corrected chi connectivity index (χ0v) is 30.9. The van der Waals surface area contributed by atoms with Gasteiger partial charge in [0.25, 0.3) is 0 Å². The second-order valence-corrected chi connectivity index (χ2v) is 14.9. The van der Waals surface area contributed by atoms with Gasteiger partial charge in [0.2, 0.25) is 0 Å². The van der Waals surface area contributed by atoms with E-state index in [0.29, 0.717) is 17.5 Å². The smallest absolute Gasteiger partial charge is 0.167 e. The Kier molecular flexibility index (Phi) is 7.60. The molecule has 262 valence electrons. The zero-order chi connectivity index (χ0) is 37.0. The molecule has 0 radical (unpaired) electrons. The monoisotopic (exact) mass is 733 g/mol. The fourth-order valence-electron chi connectivity index (χ4n) is 7.94. The molecule has 0 unspecified atom stereocenters. The van der Waals surface area contributed by atoms with E-state index in [4.69, 9.17) is 19.9 Å². The van der Waals surface area contributed by atoms with Crippen LogP contribution in [-0.4, -0.2) is 24.5 Å². The van der Waals surface area contributed by atoms with E-state index in [1.807, 2.05) is 84.3 Å². The lowest BCUT2D eigenvalue weighted by Crippen LogP contribution is -2.06. The van der Waals surface area contributed by atoms with E-state index in [-0.39, 0.29) is 0 Å². The Labute approximate surface area is 326 Å². The van der Waals surface area contributed by atoms with Gasteiger partial charge in [0.05, 0.1) is 16.6 Å². The third-order valence-corrected chi connectivity index (χ3v) is 11.7. The second-order valence-electron chi connectivity index (χ2n) is 13.8. The lowest BCUT2D eigenvalue weighted by atomic mass is 9.94. The Balaban J connectivity index is 1.24. The number of hydrogen-bond donors (Lipinski definition) is 0. The summed E-state index contributed by atoms with van der Waals surface area (Å²) in [5.74, 6) is 2.50. The molecule has 11 aromatic rings. The van der Waals surface area contributed by atoms with Crippen molar-refractivity contribution in [3.05, 3.63) is 188 Å². The van der Waals surface area contributed by atoms with Crippen molar-refractivity contribution in [2.75, 3.05) is 0 Å². The summed E-state index contributed by atoms with van der Waals surface area (Å²) < 4.78 is 4.84. The van der Waals surface area contributed by atoms with E-state index in [0.717, 1.165) is 55.8 Å². The topological polar surface area (TPSA) is 56.5 Å². The number of benzene rings is 7. The summed E-state index contributed by atoms with van der Waals surface area (Å²) in [7, 11) is 0. The summed E-state index contributed by atoms with van der Waals surface area (Å²) in [6.07, 6.45) is 2.00. The van der Waals surface area contributed by atoms with Gasteiger partial charge in [0, 0.05) is 53.8 Å². The molecule has 0 saturated heterocycles. The summed E-state index contributed by atoms with van der Waals surface area (Å²) in [6.45, 7) is 0. The number of pyridine rings is 1. The molecule has 0 amide bonds. The molecule has 0 saturated carbocycles. The third-order valence-electron chi connectivity index (χ3n) is 10.5. The highest BCUT2D eigenvalue weighted by Gasteiger charge is 2.23. The van der Waals surface area contributed by atoms with Gasteiger partial charge in [-0.1, -0.05) is 158 Å². The highest BCUT2D eigenvalue weighted by Crippen LogP contribution is 2.44. The SMILES string of the molecule is c1ccc(-c2nc(-c3ccccc3)nc(-c3cc(-c4ccccc4-c4ccccc4)cnc3-n3c4ccccc4c4c5sc6ccccc6c5ccc43)n2)cc1. The fraction of sp³-hybridized carbons (Fsp3) is 0. The molecule has 0 atom stereocenters. The van der Waals surface area contributed by atoms with Crippen LogP contribution in [0.3, 0.4) is 0 Å². The quantitative estimate of drug-likeness (QED) is 0.171. The Bertz CT molecular complexity index is 3190. The highest BCUT2D eigenvalue weighted by atomic mass is 32.1. The number of rotatable bonds is 6. The molecule has 0 spiro atoms. The lowest BCUT2D eigenvalue weighted by Gasteiger charge is -2.16. The first-order chi connectivity index (χ1) is 27.8. The van der Waals surface area contributed by atoms with Crippen molar-refractivity contribution in [2.24, 2.45) is 0 Å². The van der Waals surface area contributed by atoms with Gasteiger partial charge < -0.3 is 0 Å². The number of hydrogen-bond acceptors (Lipinski definition) is 5. The molecular formula is C50H31N5S. The van der Waals surface area contributed by atoms with Gasteiger partial charge in [0.1, 0.15) is 5.82 Å². The van der Waals surface area contributed by atoms with Gasteiger partial charge in [0.15, 0.2) is 17.5 Å². The molecule has 7 aromatic carbocycles. The van der Waals surface area contributed by atoms with Crippen LogP contribution in [0.5, 0.6) is 0 Å². The molecular weight excluding hydrogens is 703 g/mol. The van der Waals surface area contributed by atoms with Crippen LogP contribution in [0.25, 0.3) is 104 Å². The van der Waals surface area contributed by atoms with E-state index < -0.39 is 0 Å². The second kappa shape index (κ2) is 13.2. The molecule has 11 rings (SSSR count). The van der Waals surface area contributed by atoms with E-state index >= 15 is 0 Å². The van der Waals surface area contributed by atoms with E-state index in [9.17, 15) is 0 Å². The Hall–Kier alpha value is -7.28. The maximum atomic E-state index is 5.40. The average Bonchev–Trinajstić information content (AvgIpc) is 3.83. The largest absolute Gasteiger partial charge is 0.293 e. The molecule has 56 heavy (non-hydrogen) atoms. The summed E-state index contributed by atoms with van der Waals surface area (Å²) in [5.41, 5.74) is 9.10. The number of fused-ring (bicyclic) bond motifs is 7. The fourth-order valence-corrected chi connectivity index (χ4v) is 9.20. The van der Waals surface area contributed by atoms with Crippen LogP contribution in [0, 0.1) is 0 Å². The number of thiophene rings is 1. The van der Waals surface area contributed by atoms with Crippen LogP contribution in [0.2, 0.25) is 0 Å². The molecule has 4 heterocycles. The van der Waals surface area contributed by atoms with Crippen molar-refractivity contribution in [1.29, 1.82) is 0 Å². The lowest BCUT2D eigenvalue weighted by molar-refractivity contribution is 1.04. The van der Waals surface area contributed by atoms with E-state index in [2.05, 4.69) is 120 Å². The van der Waals surface area contributed by atoms with Crippen molar-refractivity contribution in [3.63, 3.8) is 0 Å². The molecule has 6 heteroatoms. The van der Waals surface area contributed by atoms with Gasteiger partial charge >= 0.3 is 0 Å². The highest BCUT2D eigenvalue weighted by molar-refractivity contribution is 7.26. The summed E-state index contributed by atoms with van der Waals surface area (Å²) >= 11 is 1.85. The Morgan fingerprint density at radius 2 is 0.946 bits per heavy atom. The minimum atomic E-state index is 0.549. The standard InChI is InChI=1S/C50H31N5S/c1-4-16-32(17-5-1)36-22-10-11-23-37(36)35-30-41(49-53-47(33-18-6-2-7-19-33)52-48(54-49)34-20-8-3-9-21-34)50(51-31-35)55-42-26-14-12-25-40(42)45-43(55)29-28-39-38-24-13-15-27-44(38)56-46(39)45/h1-31H. The summed E-state index contributed by atoms with van der Waals surface area (Å²) in [4.78, 5) is 20.9. The Morgan fingerprint density at radius 3 is 1.64 bits per heavy atom. The van der Waals surface area contributed by atoms with Crippen molar-refractivity contribution < 1.29 is 0 Å². The molecule has 0 aliphatic heterocycles. The van der Waals surface area contributed by atoms with Crippen molar-refractivity contribution >= 4 is 53.3 Å². The molecule has 0 aliphatic rings. The van der Waals surface area contributed by atoms with Crippen molar-refractivity contribution in [1.82, 2.24) is 24.5 Å². The maximum Gasteiger partial charge on any atom is 0.167 e. The zero-order valence-electron chi connectivity index (χ0n) is 30.0.